The number of aromatic hydroxyl groups is 1. The van der Waals surface area contributed by atoms with Crippen LogP contribution in [0.25, 0.3) is 17.1 Å². The summed E-state index contributed by atoms with van der Waals surface area (Å²) in [4.78, 5) is 12.4. The largest absolute Gasteiger partial charge is 0.503 e. The van der Waals surface area contributed by atoms with E-state index in [2.05, 4.69) is 36.7 Å². The Hall–Kier alpha value is -3.34. The normalized spacial score (nSPS) is 11.1. The number of ether oxygens (including phenoxy) is 1. The molecule has 0 fully saturated rings. The molecule has 0 spiro atoms. The Morgan fingerprint density at radius 3 is 2.66 bits per heavy atom. The Bertz CT molecular complexity index is 1360. The Balaban J connectivity index is 1.48. The van der Waals surface area contributed by atoms with E-state index >= 15 is 0 Å². The predicted octanol–water partition coefficient (Wildman–Crippen LogP) is 5.31. The van der Waals surface area contributed by atoms with Crippen LogP contribution in [-0.2, 0) is 4.79 Å². The van der Waals surface area contributed by atoms with E-state index in [1.165, 1.54) is 25.1 Å². The molecule has 0 unspecified atom stereocenters. The van der Waals surface area contributed by atoms with Crippen molar-refractivity contribution >= 4 is 51.4 Å². The lowest BCUT2D eigenvalue weighted by Gasteiger charge is -2.10. The number of amides is 1. The van der Waals surface area contributed by atoms with Crippen LogP contribution < -0.4 is 10.2 Å². The first kappa shape index (κ1) is 24.8. The van der Waals surface area contributed by atoms with Gasteiger partial charge in [0.05, 0.1) is 23.5 Å². The van der Waals surface area contributed by atoms with Crippen LogP contribution in [0.2, 0.25) is 5.02 Å². The number of hydrazone groups is 1. The first-order valence-electron chi connectivity index (χ1n) is 10.2. The molecule has 0 bridgehead atoms. The zero-order valence-electron chi connectivity index (χ0n) is 18.4. The van der Waals surface area contributed by atoms with E-state index < -0.39 is 0 Å². The SMILES string of the molecule is COc1cc(/C=N\NC(=O)CSc2nnc(-c3ccccc3)n2-c2ccc(Cl)cc2)cc(Br)c1O. The lowest BCUT2D eigenvalue weighted by molar-refractivity contribution is -0.118. The van der Waals surface area contributed by atoms with Crippen molar-refractivity contribution in [3.8, 4) is 28.6 Å². The van der Waals surface area contributed by atoms with Crippen molar-refractivity contribution in [3.63, 3.8) is 0 Å². The van der Waals surface area contributed by atoms with E-state index in [0.717, 1.165) is 11.3 Å². The number of benzene rings is 3. The van der Waals surface area contributed by atoms with E-state index in [4.69, 9.17) is 16.3 Å². The van der Waals surface area contributed by atoms with Gasteiger partial charge in [0.2, 0.25) is 0 Å². The van der Waals surface area contributed by atoms with E-state index in [1.54, 1.807) is 24.3 Å². The van der Waals surface area contributed by atoms with Gasteiger partial charge in [0.25, 0.3) is 5.91 Å². The minimum absolute atomic E-state index is 0.00948. The number of hydrogen-bond donors (Lipinski definition) is 2. The molecule has 3 aromatic carbocycles. The number of phenols is 1. The molecule has 11 heteroatoms. The van der Waals surface area contributed by atoms with Crippen molar-refractivity contribution in [3.05, 3.63) is 81.8 Å². The maximum atomic E-state index is 12.4. The number of nitrogens with zero attached hydrogens (tertiary/aromatic N) is 4. The number of rotatable bonds is 8. The van der Waals surface area contributed by atoms with Gasteiger partial charge in [-0.1, -0.05) is 53.7 Å². The molecule has 0 aliphatic heterocycles. The highest BCUT2D eigenvalue weighted by Crippen LogP contribution is 2.34. The summed E-state index contributed by atoms with van der Waals surface area (Å²) in [6, 6.07) is 20.3. The van der Waals surface area contributed by atoms with Crippen molar-refractivity contribution in [2.24, 2.45) is 5.10 Å². The number of halogens is 2. The molecule has 178 valence electrons. The zero-order valence-corrected chi connectivity index (χ0v) is 21.5. The second-order valence-electron chi connectivity index (χ2n) is 7.12. The molecule has 1 aromatic heterocycles. The number of methoxy groups -OCH3 is 1. The van der Waals surface area contributed by atoms with Gasteiger partial charge < -0.3 is 9.84 Å². The third-order valence-corrected chi connectivity index (χ3v) is 6.54. The van der Waals surface area contributed by atoms with Crippen LogP contribution >= 0.6 is 39.3 Å². The van der Waals surface area contributed by atoms with Crippen LogP contribution in [0.1, 0.15) is 5.56 Å². The summed E-state index contributed by atoms with van der Waals surface area (Å²) in [6.45, 7) is 0. The molecule has 2 N–H and O–H groups in total. The smallest absolute Gasteiger partial charge is 0.250 e. The maximum absolute atomic E-state index is 12.4. The number of carbonyl (C=O) groups excluding carboxylic acids is 1. The van der Waals surface area contributed by atoms with E-state index in [-0.39, 0.29) is 17.4 Å². The first-order chi connectivity index (χ1) is 17.0. The molecule has 0 aliphatic rings. The van der Waals surface area contributed by atoms with Crippen molar-refractivity contribution < 1.29 is 14.6 Å². The molecule has 35 heavy (non-hydrogen) atoms. The molecular formula is C24H19BrClN5O3S. The molecule has 1 amide bonds. The molecule has 1 heterocycles. The van der Waals surface area contributed by atoms with Gasteiger partial charge in [0.1, 0.15) is 0 Å². The predicted molar refractivity (Wildman–Crippen MR) is 141 cm³/mol. The summed E-state index contributed by atoms with van der Waals surface area (Å²) in [5.41, 5.74) is 4.85. The zero-order chi connectivity index (χ0) is 24.8. The highest BCUT2D eigenvalue weighted by molar-refractivity contribution is 9.10. The first-order valence-corrected chi connectivity index (χ1v) is 12.4. The van der Waals surface area contributed by atoms with Crippen molar-refractivity contribution in [2.45, 2.75) is 5.16 Å². The van der Waals surface area contributed by atoms with E-state index in [9.17, 15) is 9.90 Å². The van der Waals surface area contributed by atoms with E-state index in [1.807, 2.05) is 47.0 Å². The van der Waals surface area contributed by atoms with Crippen molar-refractivity contribution in [1.82, 2.24) is 20.2 Å². The number of hydrogen-bond acceptors (Lipinski definition) is 7. The molecule has 0 atom stereocenters. The average molecular weight is 573 g/mol. The number of aromatic nitrogens is 3. The lowest BCUT2D eigenvalue weighted by atomic mass is 10.2. The molecule has 4 rings (SSSR count). The van der Waals surface area contributed by atoms with Crippen LogP contribution in [-0.4, -0.2) is 44.9 Å². The molecule has 0 saturated carbocycles. The average Bonchev–Trinajstić information content (AvgIpc) is 3.29. The van der Waals surface area contributed by atoms with Gasteiger partial charge in [-0.15, -0.1) is 10.2 Å². The summed E-state index contributed by atoms with van der Waals surface area (Å²) in [5.74, 6) is 0.687. The quantitative estimate of drug-likeness (QED) is 0.169. The molecular weight excluding hydrogens is 554 g/mol. The standard InChI is InChI=1S/C24H19BrClN5O3S/c1-34-20-12-15(11-19(25)22(20)33)13-27-28-21(32)14-35-24-30-29-23(16-5-3-2-4-6-16)31(24)18-9-7-17(26)8-10-18/h2-13,33H,14H2,1H3,(H,28,32)/b27-13-. The molecule has 0 radical (unpaired) electrons. The van der Waals surface area contributed by atoms with Crippen LogP contribution in [0, 0.1) is 0 Å². The monoisotopic (exact) mass is 571 g/mol. The summed E-state index contributed by atoms with van der Waals surface area (Å²) in [5, 5.41) is 23.7. The highest BCUT2D eigenvalue weighted by Gasteiger charge is 2.17. The summed E-state index contributed by atoms with van der Waals surface area (Å²) in [6.07, 6.45) is 1.46. The fourth-order valence-electron chi connectivity index (χ4n) is 3.13. The van der Waals surface area contributed by atoms with Crippen LogP contribution in [0.3, 0.4) is 0 Å². The minimum Gasteiger partial charge on any atom is -0.503 e. The third kappa shape index (κ3) is 6.02. The number of nitrogens with one attached hydrogen (secondary N) is 1. The van der Waals surface area contributed by atoms with Gasteiger partial charge in [0, 0.05) is 16.3 Å². The molecule has 0 aliphatic carbocycles. The minimum atomic E-state index is -0.317. The summed E-state index contributed by atoms with van der Waals surface area (Å²) >= 11 is 10.6. The van der Waals surface area contributed by atoms with E-state index in [0.29, 0.717) is 31.8 Å². The van der Waals surface area contributed by atoms with Crippen molar-refractivity contribution in [2.75, 3.05) is 12.9 Å². The maximum Gasteiger partial charge on any atom is 0.250 e. The van der Waals surface area contributed by atoms with Gasteiger partial charge in [-0.05, 0) is 57.9 Å². The topological polar surface area (TPSA) is 102 Å². The molecule has 4 aromatic rings. The van der Waals surface area contributed by atoms with Gasteiger partial charge in [-0.25, -0.2) is 5.43 Å². The Morgan fingerprint density at radius 1 is 1.20 bits per heavy atom. The fourth-order valence-corrected chi connectivity index (χ4v) is 4.46. The second-order valence-corrected chi connectivity index (χ2v) is 9.35. The van der Waals surface area contributed by atoms with Crippen molar-refractivity contribution in [1.29, 1.82) is 0 Å². The number of phenolic OH excluding ortho intramolecular Hbond substituents is 1. The third-order valence-electron chi connectivity index (χ3n) is 4.76. The Labute approximate surface area is 219 Å². The van der Waals surface area contributed by atoms with Gasteiger partial charge in [-0.3, -0.25) is 9.36 Å². The Kier molecular flexibility index (Phi) is 8.06. The van der Waals surface area contributed by atoms with Crippen LogP contribution in [0.15, 0.2) is 81.5 Å². The Morgan fingerprint density at radius 2 is 1.94 bits per heavy atom. The molecule has 8 nitrogen and oxygen atoms in total. The summed E-state index contributed by atoms with van der Waals surface area (Å²) in [7, 11) is 1.45. The molecule has 0 saturated heterocycles. The van der Waals surface area contributed by atoms with Crippen LogP contribution in [0.4, 0.5) is 0 Å². The lowest BCUT2D eigenvalue weighted by Crippen LogP contribution is -2.20. The second kappa shape index (κ2) is 11.4. The van der Waals surface area contributed by atoms with Crippen LogP contribution in [0.5, 0.6) is 11.5 Å². The fraction of sp³-hybridized carbons (Fsp3) is 0.0833. The van der Waals surface area contributed by atoms with Gasteiger partial charge in [-0.2, -0.15) is 5.10 Å². The van der Waals surface area contributed by atoms with Gasteiger partial charge >= 0.3 is 0 Å². The number of thioether (sulfide) groups is 1. The van der Waals surface area contributed by atoms with Gasteiger partial charge in [0.15, 0.2) is 22.5 Å². The highest BCUT2D eigenvalue weighted by atomic mass is 79.9. The number of carbonyl (C=O) groups is 1. The summed E-state index contributed by atoms with van der Waals surface area (Å²) < 4.78 is 7.45.